The van der Waals surface area contributed by atoms with Crippen LogP contribution in [0.2, 0.25) is 0 Å². The molecule has 0 N–H and O–H groups in total. The first kappa shape index (κ1) is 81.4. The second-order valence-corrected chi connectivity index (χ2v) is 39.6. The molecule has 6 heterocycles. The number of hydrogen-bond acceptors (Lipinski definition) is 12. The molecule has 4 amide bonds. The van der Waals surface area contributed by atoms with E-state index in [-0.39, 0.29) is 35.7 Å². The van der Waals surface area contributed by atoms with Crippen molar-refractivity contribution in [2.24, 2.45) is 0 Å². The van der Waals surface area contributed by atoms with E-state index in [9.17, 15) is 0 Å². The van der Waals surface area contributed by atoms with E-state index in [1.54, 1.807) is 9.80 Å². The van der Waals surface area contributed by atoms with Gasteiger partial charge in [0.05, 0.1) is 44.8 Å². The average Bonchev–Trinajstić information content (AvgIpc) is 0.851. The zero-order valence-electron chi connectivity index (χ0n) is 73.2. The van der Waals surface area contributed by atoms with Gasteiger partial charge in [0.2, 0.25) is 0 Å². The highest BCUT2D eigenvalue weighted by Gasteiger charge is 2.60. The predicted molar refractivity (Wildman–Crippen MR) is 480 cm³/mol. The highest BCUT2D eigenvalue weighted by Crippen LogP contribution is 2.55. The van der Waals surface area contributed by atoms with Gasteiger partial charge in [0.1, 0.15) is 0 Å². The van der Waals surface area contributed by atoms with E-state index in [4.69, 9.17) is 37.2 Å². The van der Waals surface area contributed by atoms with Gasteiger partial charge in [0, 0.05) is 45.1 Å². The number of carbonyl (C=O) groups excluding carboxylic acids is 4. The molecule has 0 spiro atoms. The van der Waals surface area contributed by atoms with Crippen molar-refractivity contribution in [3.05, 3.63) is 95.1 Å². The molecular weight excluding hydrogens is 1440 g/mol. The van der Waals surface area contributed by atoms with Crippen LogP contribution in [-0.2, 0) is 37.2 Å². The molecule has 0 aliphatic carbocycles. The Kier molecular flexibility index (Phi) is 20.7. The summed E-state index contributed by atoms with van der Waals surface area (Å²) in [6.45, 7) is 41.8. The van der Waals surface area contributed by atoms with Gasteiger partial charge in [-0.25, -0.2) is 0 Å². The molecule has 0 aromatic heterocycles. The van der Waals surface area contributed by atoms with Gasteiger partial charge in [-0.15, -0.1) is 0 Å². The Bertz CT molecular complexity index is 5040. The summed E-state index contributed by atoms with van der Waals surface area (Å²) >= 11 is 0. The number of carbonyl (C=O) groups is 4. The molecule has 17 rings (SSSR count). The highest BCUT2D eigenvalue weighted by atomic mass is 16.7. The Morgan fingerprint density at radius 1 is 0.241 bits per heavy atom. The molecule has 4 fully saturated rings. The minimum absolute atomic E-state index is 0.309. The number of rotatable bonds is 30. The molecule has 11 aromatic rings. The minimum atomic E-state index is -0.966. The topological polar surface area (TPSA) is 149 Å². The summed E-state index contributed by atoms with van der Waals surface area (Å²) in [7, 11) is -3.86. The highest BCUT2D eigenvalue weighted by molar-refractivity contribution is 6.70. The first-order valence-corrected chi connectivity index (χ1v) is 44.8. The number of nitrogens with zero attached hydrogens (tertiary/aromatic N) is 2. The van der Waals surface area contributed by atoms with Crippen LogP contribution in [0.1, 0.15) is 334 Å². The van der Waals surface area contributed by atoms with Gasteiger partial charge in [-0.05, 0) is 255 Å². The van der Waals surface area contributed by atoms with Crippen LogP contribution in [0.4, 0.5) is 0 Å². The molecule has 11 aromatic carbocycles. The van der Waals surface area contributed by atoms with Crippen molar-refractivity contribution in [3.63, 3.8) is 0 Å². The van der Waals surface area contributed by atoms with E-state index in [2.05, 4.69) is 211 Å². The number of amides is 4. The third-order valence-electron chi connectivity index (χ3n) is 30.0. The Balaban J connectivity index is 0.930. The molecule has 6 aliphatic rings. The summed E-state index contributed by atoms with van der Waals surface area (Å²) in [5.41, 5.74) is -2.00. The first-order chi connectivity index (χ1) is 55.1. The molecule has 0 bridgehead atoms. The normalized spacial score (nSPS) is 20.1. The number of fused-ring (bicyclic) bond motifs is 6. The van der Waals surface area contributed by atoms with Crippen molar-refractivity contribution in [2.75, 3.05) is 0 Å². The fraction of sp³-hybridized carbons (Fsp3) is 0.551. The smallest absolute Gasteiger partial charge is 0.399 e. The average molecular weight is 1560 g/mol. The maximum Gasteiger partial charge on any atom is 0.495 e. The molecule has 14 nitrogen and oxygen atoms in total. The van der Waals surface area contributed by atoms with Crippen molar-refractivity contribution < 1.29 is 56.4 Å². The second-order valence-electron chi connectivity index (χ2n) is 39.6. The van der Waals surface area contributed by atoms with Gasteiger partial charge in [0.15, 0.2) is 0 Å². The van der Waals surface area contributed by atoms with Crippen molar-refractivity contribution in [1.29, 1.82) is 0 Å². The maximum atomic E-state index is 16.7. The Morgan fingerprint density at radius 3 is 0.586 bits per heavy atom. The van der Waals surface area contributed by atoms with Crippen molar-refractivity contribution in [2.45, 2.75) is 349 Å². The van der Waals surface area contributed by atoms with Gasteiger partial charge in [-0.2, -0.15) is 0 Å². The van der Waals surface area contributed by atoms with Crippen LogP contribution in [0.5, 0.6) is 0 Å². The fourth-order valence-corrected chi connectivity index (χ4v) is 20.6. The van der Waals surface area contributed by atoms with Crippen LogP contribution < -0.4 is 21.9 Å². The molecule has 6 aliphatic heterocycles. The first-order valence-electron chi connectivity index (χ1n) is 44.8. The zero-order chi connectivity index (χ0) is 82.2. The lowest BCUT2D eigenvalue weighted by atomic mass is 9.66. The Hall–Kier alpha value is -6.98. The molecule has 0 unspecified atom stereocenters. The third-order valence-corrected chi connectivity index (χ3v) is 30.0. The summed E-state index contributed by atoms with van der Waals surface area (Å²) in [5.74, 6) is -1.24. The van der Waals surface area contributed by atoms with Gasteiger partial charge >= 0.3 is 28.5 Å². The van der Waals surface area contributed by atoms with Crippen molar-refractivity contribution >= 4 is 182 Å². The van der Waals surface area contributed by atoms with E-state index >= 15 is 19.2 Å². The summed E-state index contributed by atoms with van der Waals surface area (Å²) in [6, 6.07) is 26.2. The largest absolute Gasteiger partial charge is 0.495 e. The fourth-order valence-electron chi connectivity index (χ4n) is 20.6. The third kappa shape index (κ3) is 12.6. The molecule has 116 heavy (non-hydrogen) atoms. The minimum Gasteiger partial charge on any atom is -0.399 e. The molecular formula is C98H122B4N2O12. The van der Waals surface area contributed by atoms with Crippen molar-refractivity contribution in [3.8, 4) is 0 Å². The van der Waals surface area contributed by atoms with E-state index in [0.29, 0.717) is 80.6 Å². The van der Waals surface area contributed by atoms with E-state index < -0.39 is 73.3 Å². The molecule has 608 valence electrons. The van der Waals surface area contributed by atoms with E-state index in [0.717, 1.165) is 225 Å². The molecule has 0 atom stereocenters. The number of imide groups is 2. The van der Waals surface area contributed by atoms with E-state index in [1.807, 2.05) is 0 Å². The van der Waals surface area contributed by atoms with Gasteiger partial charge in [-0.1, -0.05) is 229 Å². The maximum absolute atomic E-state index is 16.7. The predicted octanol–water partition coefficient (Wildman–Crippen LogP) is 22.1. The molecule has 0 saturated carbocycles. The summed E-state index contributed by atoms with van der Waals surface area (Å²) in [5, 5.41) is 18.9. The Morgan fingerprint density at radius 2 is 0.405 bits per heavy atom. The second kappa shape index (κ2) is 29.4. The summed E-state index contributed by atoms with van der Waals surface area (Å²) in [6.07, 6.45) is 24.1. The van der Waals surface area contributed by atoms with Gasteiger partial charge < -0.3 is 37.2 Å². The van der Waals surface area contributed by atoms with Crippen LogP contribution in [0, 0.1) is 0 Å². The monoisotopic (exact) mass is 1560 g/mol. The lowest BCUT2D eigenvalue weighted by molar-refractivity contribution is 0.00578. The zero-order valence-corrected chi connectivity index (χ0v) is 73.2. The van der Waals surface area contributed by atoms with Crippen LogP contribution in [-0.4, -0.2) is 119 Å². The number of unbranched alkanes of at least 4 members (excludes halogenated alkanes) is 16. The Labute approximate surface area is 688 Å². The van der Waals surface area contributed by atoms with Crippen molar-refractivity contribution in [1.82, 2.24) is 9.80 Å². The van der Waals surface area contributed by atoms with Crippen LogP contribution in [0.25, 0.3) is 108 Å². The van der Waals surface area contributed by atoms with Crippen LogP contribution >= 0.6 is 0 Å². The SMILES string of the molecule is CCCCCCCC(CCCCCCC)N1C(=O)c2c(B3OC(C)(C)C(C)(C)O3)cc3c4ccc5c6ccc7c8cc(B9OC(C)(C)C(C)(C)O9)c9c%10c(c(B%11OC(C)(C)C(C)(C)O%11)cc(c%11ccc(c%12ccc(c%13cc(B%14OC(C)(C)C(C)(C)O%14)c(c2c3%13)C1=O)c4c5%12)c6c7%11)c%108)C(=O)N(C(CCCCCCC)CCCCCCC)C9=O. The molecule has 4 saturated heterocycles. The van der Waals surface area contributed by atoms with Gasteiger partial charge in [0.25, 0.3) is 23.6 Å². The number of hydrogen-bond donors (Lipinski definition) is 0. The number of benzene rings is 11. The summed E-state index contributed by atoms with van der Waals surface area (Å²) in [4.78, 5) is 70.1. The lowest BCUT2D eigenvalue weighted by Crippen LogP contribution is -2.53. The molecule has 18 heteroatoms. The van der Waals surface area contributed by atoms with E-state index in [1.165, 1.54) is 0 Å². The van der Waals surface area contributed by atoms with Crippen LogP contribution in [0.15, 0.2) is 72.8 Å². The van der Waals surface area contributed by atoms with Gasteiger partial charge in [-0.3, -0.25) is 29.0 Å². The van der Waals surface area contributed by atoms with Crippen LogP contribution in [0.3, 0.4) is 0 Å². The standard InChI is InChI=1S/C98H122B4N2O12/c1-21-25-29-33-37-41-57(42-38-34-30-26-22-2)103-87(105)81-71(99-109-91(5,6)92(7,8)110-99)53-67-63-49-45-59-61-47-51-65-69-55-73(101-113-95(13,14)96(15,16)114-101)83-86-80(69)70(56-74(102-115-97(17,18)98(19,20)116-102)84(86)90(108)104(89(83)107)58(43-39-35-31-27-23-3)44-40-36-32-28-24-4)66-52-48-62(76(61)78(65)66)60-46-50-64(77(63)75(59)60)68-54-72(82(88(103)106)85(81)79(67)68)100-111-93(9,10)94(11,12)112-100/h45-58H,21-44H2,1-20H3. The quantitative estimate of drug-likeness (QED) is 0.0139. The lowest BCUT2D eigenvalue weighted by Gasteiger charge is -2.37. The molecule has 0 radical (unpaired) electrons. The summed E-state index contributed by atoms with van der Waals surface area (Å²) < 4.78 is 57.3.